The van der Waals surface area contributed by atoms with Crippen LogP contribution >= 0.6 is 0 Å². The van der Waals surface area contributed by atoms with Crippen molar-refractivity contribution in [2.24, 2.45) is 5.41 Å². The molecule has 32 heavy (non-hydrogen) atoms. The number of rotatable bonds is 4. The fourth-order valence-corrected chi connectivity index (χ4v) is 2.29. The maximum absolute atomic E-state index is 14.1. The Morgan fingerprint density at radius 3 is 0.625 bits per heavy atom. The van der Waals surface area contributed by atoms with E-state index in [1.54, 1.807) is 0 Å². The molecule has 0 aromatic heterocycles. The molecule has 1 atom stereocenters. The lowest BCUT2D eigenvalue weighted by Gasteiger charge is -2.51. The third kappa shape index (κ3) is 3.40. The Kier molecular flexibility index (Phi) is 6.65. The predicted molar refractivity (Wildman–Crippen MR) is 51.4 cm³/mol. The van der Waals surface area contributed by atoms with Crippen molar-refractivity contribution in [3.05, 3.63) is 0 Å². The minimum absolute atomic E-state index is 8.25. The summed E-state index contributed by atoms with van der Waals surface area (Å²) in [6.07, 6.45) is -44.7. The van der Waals surface area contributed by atoms with E-state index >= 15 is 0 Å². The summed E-state index contributed by atoms with van der Waals surface area (Å²) in [5.74, 6) is -27.8. The van der Waals surface area contributed by atoms with Gasteiger partial charge in [-0.15, -0.1) is 0 Å². The van der Waals surface area contributed by atoms with Crippen LogP contribution in [0.4, 0.5) is 96.6 Å². The number of hydrogen-bond acceptors (Lipinski definition) is 0. The van der Waals surface area contributed by atoms with Crippen molar-refractivity contribution in [3.8, 4) is 0 Å². The molecule has 0 rings (SSSR count). The molecule has 0 radical (unpaired) electrons. The third-order valence-corrected chi connectivity index (χ3v) is 3.76. The lowest BCUT2D eigenvalue weighted by Crippen LogP contribution is -2.83. The van der Waals surface area contributed by atoms with E-state index in [9.17, 15) is 96.6 Å². The minimum atomic E-state index is -9.93. The molecule has 0 aliphatic rings. The number of halogens is 22. The van der Waals surface area contributed by atoms with E-state index < -0.39 is 59.7 Å². The van der Waals surface area contributed by atoms with E-state index in [2.05, 4.69) is 0 Å². The molecule has 0 spiro atoms. The Bertz CT molecular complexity index is 640. The molecule has 0 aromatic rings. The quantitative estimate of drug-likeness (QED) is 0.328. The zero-order chi connectivity index (χ0) is 27.0. The highest BCUT2D eigenvalue weighted by Gasteiger charge is 3.05. The van der Waals surface area contributed by atoms with Crippen LogP contribution in [0.25, 0.3) is 0 Å². The molecule has 0 nitrogen and oxygen atoms in total. The van der Waals surface area contributed by atoms with Gasteiger partial charge >= 0.3 is 59.7 Å². The van der Waals surface area contributed by atoms with Gasteiger partial charge in [-0.25, -0.2) is 4.39 Å². The van der Waals surface area contributed by atoms with Crippen molar-refractivity contribution in [2.45, 2.75) is 54.3 Å². The summed E-state index contributed by atoms with van der Waals surface area (Å²) >= 11 is 0. The summed E-state index contributed by atoms with van der Waals surface area (Å²) in [5, 5.41) is 0. The van der Waals surface area contributed by atoms with Crippen LogP contribution in [0.1, 0.15) is 0 Å². The van der Waals surface area contributed by atoms with E-state index in [4.69, 9.17) is 0 Å². The largest absolute Gasteiger partial charge is 0.460 e. The van der Waals surface area contributed by atoms with Crippen molar-refractivity contribution in [1.82, 2.24) is 0 Å². The molecule has 0 saturated heterocycles. The van der Waals surface area contributed by atoms with Gasteiger partial charge in [0.1, 0.15) is 0 Å². The van der Waals surface area contributed by atoms with Crippen molar-refractivity contribution in [1.29, 1.82) is 0 Å². The second kappa shape index (κ2) is 6.98. The molecule has 194 valence electrons. The lowest BCUT2D eigenvalue weighted by molar-refractivity contribution is -0.527. The van der Waals surface area contributed by atoms with Gasteiger partial charge in [-0.1, -0.05) is 0 Å². The topological polar surface area (TPSA) is 0 Å². The van der Waals surface area contributed by atoms with Crippen molar-refractivity contribution in [2.75, 3.05) is 0 Å². The second-order valence-corrected chi connectivity index (χ2v) is 5.62. The predicted octanol–water partition coefficient (Wildman–Crippen LogP) is 7.40. The van der Waals surface area contributed by atoms with E-state index in [0.717, 1.165) is 0 Å². The summed E-state index contributed by atoms with van der Waals surface area (Å²) in [7, 11) is 0. The van der Waals surface area contributed by atoms with Crippen LogP contribution in [0.2, 0.25) is 0 Å². The van der Waals surface area contributed by atoms with E-state index in [1.807, 2.05) is 0 Å². The molecule has 0 fully saturated rings. The van der Waals surface area contributed by atoms with Gasteiger partial charge in [-0.3, -0.25) is 0 Å². The Morgan fingerprint density at radius 2 is 0.469 bits per heavy atom. The molecule has 0 saturated carbocycles. The summed E-state index contributed by atoms with van der Waals surface area (Å²) in [6.45, 7) is 0. The SMILES string of the molecule is FC(F)(F)C(F)(F)C(F)(F)C(F)(F)C(F)(C(F)(F)F)C(C(F)(F)F)(C(F)(F)F)C(F)(F)F. The zero-order valence-electron chi connectivity index (χ0n) is 13.3. The molecule has 0 aliphatic carbocycles. The Hall–Kier alpha value is -1.54. The standard InChI is InChI=1S/C10F22/c11-2(9(27,28)29,1(6(18,19)20,7(21,22)23)8(24,25)26)3(12,13)4(14,15)5(16,17)10(30,31)32. The monoisotopic (exact) mass is 538 g/mol. The average Bonchev–Trinajstić information content (AvgIpc) is 2.39. The molecule has 0 amide bonds. The first kappa shape index (κ1) is 30.5. The van der Waals surface area contributed by atoms with E-state index in [1.165, 1.54) is 0 Å². The second-order valence-electron chi connectivity index (χ2n) is 5.62. The van der Waals surface area contributed by atoms with Gasteiger partial charge < -0.3 is 0 Å². The van der Waals surface area contributed by atoms with Crippen molar-refractivity contribution >= 4 is 0 Å². The first-order valence-electron chi connectivity index (χ1n) is 6.41. The number of alkyl halides is 22. The summed E-state index contributed by atoms with van der Waals surface area (Å²) in [6, 6.07) is 0. The Morgan fingerprint density at radius 1 is 0.219 bits per heavy atom. The van der Waals surface area contributed by atoms with Crippen LogP contribution < -0.4 is 0 Å². The normalized spacial score (nSPS) is 18.6. The molecule has 1 unspecified atom stereocenters. The van der Waals surface area contributed by atoms with Crippen LogP contribution in [-0.2, 0) is 0 Å². The summed E-state index contributed by atoms with van der Waals surface area (Å²) < 4.78 is 281. The number of hydrogen-bond donors (Lipinski definition) is 0. The van der Waals surface area contributed by atoms with Crippen LogP contribution in [0.15, 0.2) is 0 Å². The van der Waals surface area contributed by atoms with E-state index in [-0.39, 0.29) is 0 Å². The summed E-state index contributed by atoms with van der Waals surface area (Å²) in [5.41, 5.74) is -19.6. The molecular formula is C10F22. The molecule has 22 heteroatoms. The highest BCUT2D eigenvalue weighted by atomic mass is 19.5. The van der Waals surface area contributed by atoms with Gasteiger partial charge in [0.15, 0.2) is 0 Å². The highest BCUT2D eigenvalue weighted by Crippen LogP contribution is 2.74. The van der Waals surface area contributed by atoms with Gasteiger partial charge in [-0.05, 0) is 0 Å². The molecular weight excluding hydrogens is 538 g/mol. The Balaban J connectivity index is 8.16. The Labute approximate surface area is 158 Å². The maximum Gasteiger partial charge on any atom is 0.460 e. The summed E-state index contributed by atoms with van der Waals surface area (Å²) in [4.78, 5) is 0. The van der Waals surface area contributed by atoms with Crippen molar-refractivity contribution < 1.29 is 96.6 Å². The molecule has 0 aromatic carbocycles. The van der Waals surface area contributed by atoms with Gasteiger partial charge in [0.05, 0.1) is 0 Å². The fourth-order valence-electron chi connectivity index (χ4n) is 2.29. The molecule has 0 bridgehead atoms. The van der Waals surface area contributed by atoms with Gasteiger partial charge in [0.2, 0.25) is 0 Å². The molecule has 0 N–H and O–H groups in total. The average molecular weight is 538 g/mol. The smallest absolute Gasteiger partial charge is 0.225 e. The first-order valence-corrected chi connectivity index (χ1v) is 6.41. The van der Waals surface area contributed by atoms with Gasteiger partial charge in [0, 0.05) is 0 Å². The lowest BCUT2D eigenvalue weighted by atomic mass is 9.65. The third-order valence-electron chi connectivity index (χ3n) is 3.76. The minimum Gasteiger partial charge on any atom is -0.225 e. The van der Waals surface area contributed by atoms with Crippen LogP contribution in [0.3, 0.4) is 0 Å². The van der Waals surface area contributed by atoms with Crippen LogP contribution in [-0.4, -0.2) is 54.3 Å². The molecule has 0 heterocycles. The highest BCUT2D eigenvalue weighted by molar-refractivity contribution is 5.25. The van der Waals surface area contributed by atoms with Crippen LogP contribution in [0, 0.1) is 5.41 Å². The van der Waals surface area contributed by atoms with Gasteiger partial charge in [0.25, 0.3) is 0 Å². The fraction of sp³-hybridized carbons (Fsp3) is 1.00. The van der Waals surface area contributed by atoms with Crippen molar-refractivity contribution in [3.63, 3.8) is 0 Å². The first-order chi connectivity index (χ1) is 13.2. The van der Waals surface area contributed by atoms with E-state index in [0.29, 0.717) is 0 Å². The van der Waals surface area contributed by atoms with Gasteiger partial charge in [-0.2, -0.15) is 92.2 Å². The molecule has 0 aliphatic heterocycles. The zero-order valence-corrected chi connectivity index (χ0v) is 13.3. The van der Waals surface area contributed by atoms with Crippen LogP contribution in [0.5, 0.6) is 0 Å². The maximum atomic E-state index is 14.1.